The molecule has 1 atom stereocenters. The maximum absolute atomic E-state index is 13.0. The van der Waals surface area contributed by atoms with E-state index in [0.29, 0.717) is 6.54 Å². The molecule has 3 fully saturated rings. The first-order chi connectivity index (χ1) is 13.6. The van der Waals surface area contributed by atoms with Gasteiger partial charge in [-0.2, -0.15) is 0 Å². The molecule has 7 heteroatoms. The number of aliphatic hydroxyl groups excluding tert-OH is 1. The molecule has 150 valence electrons. The second-order valence-corrected chi connectivity index (χ2v) is 9.15. The Morgan fingerprint density at radius 3 is 2.86 bits per heavy atom. The molecule has 1 aliphatic heterocycles. The molecule has 1 unspecified atom stereocenters. The van der Waals surface area contributed by atoms with Crippen LogP contribution in [0.1, 0.15) is 44.9 Å². The zero-order valence-electron chi connectivity index (χ0n) is 16.3. The van der Waals surface area contributed by atoms with E-state index in [4.69, 9.17) is 0 Å². The lowest BCUT2D eigenvalue weighted by molar-refractivity contribution is -0.128. The van der Waals surface area contributed by atoms with Crippen LogP contribution >= 0.6 is 0 Å². The molecule has 1 amide bonds. The number of hydrogen-bond acceptors (Lipinski definition) is 5. The number of nitrogens with zero attached hydrogens (tertiary/aromatic N) is 3. The first kappa shape index (κ1) is 17.9. The molecule has 1 saturated heterocycles. The van der Waals surface area contributed by atoms with E-state index in [1.54, 1.807) is 6.33 Å². The van der Waals surface area contributed by atoms with Crippen LogP contribution in [0.3, 0.4) is 0 Å². The lowest BCUT2D eigenvalue weighted by Gasteiger charge is -2.39. The molecule has 3 N–H and O–H groups in total. The van der Waals surface area contributed by atoms with Crippen molar-refractivity contribution in [2.75, 3.05) is 31.1 Å². The van der Waals surface area contributed by atoms with Gasteiger partial charge in [0.05, 0.1) is 12.0 Å². The van der Waals surface area contributed by atoms with Gasteiger partial charge in [0.2, 0.25) is 5.91 Å². The minimum atomic E-state index is -0.0894. The molecule has 2 aliphatic carbocycles. The summed E-state index contributed by atoms with van der Waals surface area (Å²) in [6.45, 7) is 2.52. The van der Waals surface area contributed by atoms with E-state index in [9.17, 15) is 9.90 Å². The standard InChI is InChI=1S/C21H29N5O2/c27-13-20(5-1-2-6-20)11-23-19(28)16-4-10-26(12-21(16)7-8-21)18-15-3-9-22-17(15)24-14-25-18/h3,9,14,16,27H,1-2,4-8,10-13H2,(H,23,28)(H,22,24,25). The van der Waals surface area contributed by atoms with E-state index >= 15 is 0 Å². The summed E-state index contributed by atoms with van der Waals surface area (Å²) >= 11 is 0. The molecule has 28 heavy (non-hydrogen) atoms. The third-order valence-corrected chi connectivity index (χ3v) is 7.41. The Bertz CT molecular complexity index is 869. The second-order valence-electron chi connectivity index (χ2n) is 9.15. The van der Waals surface area contributed by atoms with Crippen molar-refractivity contribution < 1.29 is 9.90 Å². The maximum Gasteiger partial charge on any atom is 0.223 e. The summed E-state index contributed by atoms with van der Waals surface area (Å²) in [5.41, 5.74) is 0.854. The van der Waals surface area contributed by atoms with Crippen molar-refractivity contribution in [3.63, 3.8) is 0 Å². The number of fused-ring (bicyclic) bond motifs is 1. The topological polar surface area (TPSA) is 94.1 Å². The fourth-order valence-corrected chi connectivity index (χ4v) is 5.44. The van der Waals surface area contributed by atoms with Gasteiger partial charge in [-0.1, -0.05) is 12.8 Å². The van der Waals surface area contributed by atoms with Crippen molar-refractivity contribution in [3.8, 4) is 0 Å². The number of carbonyl (C=O) groups is 1. The third-order valence-electron chi connectivity index (χ3n) is 7.41. The Labute approximate surface area is 164 Å². The monoisotopic (exact) mass is 383 g/mol. The molecule has 0 aromatic carbocycles. The van der Waals surface area contributed by atoms with Gasteiger partial charge in [0.1, 0.15) is 17.8 Å². The Morgan fingerprint density at radius 1 is 1.29 bits per heavy atom. The van der Waals surface area contributed by atoms with Crippen LogP contribution in [0.2, 0.25) is 0 Å². The number of piperidine rings is 1. The van der Waals surface area contributed by atoms with Crippen LogP contribution in [-0.4, -0.2) is 52.2 Å². The van der Waals surface area contributed by atoms with Crippen LogP contribution in [-0.2, 0) is 4.79 Å². The highest BCUT2D eigenvalue weighted by molar-refractivity contribution is 5.87. The Morgan fingerprint density at radius 2 is 2.11 bits per heavy atom. The fraction of sp³-hybridized carbons (Fsp3) is 0.667. The van der Waals surface area contributed by atoms with Crippen molar-refractivity contribution in [1.29, 1.82) is 0 Å². The molecular formula is C21H29N5O2. The first-order valence-electron chi connectivity index (χ1n) is 10.6. The normalized spacial score (nSPS) is 25.3. The molecule has 5 rings (SSSR count). The number of carbonyl (C=O) groups excluding carboxylic acids is 1. The number of anilines is 1. The van der Waals surface area contributed by atoms with Gasteiger partial charge in [-0.3, -0.25) is 4.79 Å². The van der Waals surface area contributed by atoms with Crippen LogP contribution in [0, 0.1) is 16.7 Å². The summed E-state index contributed by atoms with van der Waals surface area (Å²) in [5, 5.41) is 14.1. The zero-order valence-corrected chi connectivity index (χ0v) is 16.3. The number of rotatable bonds is 5. The Balaban J connectivity index is 1.28. The minimum Gasteiger partial charge on any atom is -0.396 e. The van der Waals surface area contributed by atoms with Gasteiger partial charge in [0, 0.05) is 37.2 Å². The van der Waals surface area contributed by atoms with E-state index in [1.807, 2.05) is 12.3 Å². The van der Waals surface area contributed by atoms with Gasteiger partial charge >= 0.3 is 0 Å². The molecule has 0 radical (unpaired) electrons. The highest BCUT2D eigenvalue weighted by Gasteiger charge is 2.55. The Hall–Kier alpha value is -2.15. The van der Waals surface area contributed by atoms with Crippen LogP contribution in [0.5, 0.6) is 0 Å². The molecule has 2 saturated carbocycles. The van der Waals surface area contributed by atoms with Crippen LogP contribution in [0.4, 0.5) is 5.82 Å². The molecule has 7 nitrogen and oxygen atoms in total. The first-order valence-corrected chi connectivity index (χ1v) is 10.6. The summed E-state index contributed by atoms with van der Waals surface area (Å²) < 4.78 is 0. The molecule has 0 bridgehead atoms. The zero-order chi connectivity index (χ0) is 19.2. The highest BCUT2D eigenvalue weighted by atomic mass is 16.3. The van der Waals surface area contributed by atoms with E-state index in [0.717, 1.165) is 74.9 Å². The molecule has 3 aliphatic rings. The predicted octanol–water partition coefficient (Wildman–Crippen LogP) is 2.23. The van der Waals surface area contributed by atoms with Crippen molar-refractivity contribution >= 4 is 22.8 Å². The van der Waals surface area contributed by atoms with Gasteiger partial charge < -0.3 is 20.3 Å². The van der Waals surface area contributed by atoms with Crippen LogP contribution in [0.25, 0.3) is 11.0 Å². The van der Waals surface area contributed by atoms with E-state index in [-0.39, 0.29) is 29.3 Å². The molecule has 2 aromatic heterocycles. The molecule has 3 heterocycles. The van der Waals surface area contributed by atoms with Gasteiger partial charge in [0.25, 0.3) is 0 Å². The summed E-state index contributed by atoms with van der Waals surface area (Å²) in [6, 6.07) is 2.03. The van der Waals surface area contributed by atoms with Crippen molar-refractivity contribution in [3.05, 3.63) is 18.6 Å². The van der Waals surface area contributed by atoms with Crippen molar-refractivity contribution in [1.82, 2.24) is 20.3 Å². The fourth-order valence-electron chi connectivity index (χ4n) is 5.44. The van der Waals surface area contributed by atoms with Gasteiger partial charge in [-0.25, -0.2) is 9.97 Å². The van der Waals surface area contributed by atoms with E-state index in [1.165, 1.54) is 0 Å². The predicted molar refractivity (Wildman–Crippen MR) is 107 cm³/mol. The lowest BCUT2D eigenvalue weighted by Crippen LogP contribution is -2.50. The van der Waals surface area contributed by atoms with Gasteiger partial charge in [0.15, 0.2) is 0 Å². The quantitative estimate of drug-likeness (QED) is 0.736. The summed E-state index contributed by atoms with van der Waals surface area (Å²) in [7, 11) is 0. The number of aliphatic hydroxyl groups is 1. The third kappa shape index (κ3) is 2.96. The molecule has 1 spiro atoms. The summed E-state index contributed by atoms with van der Waals surface area (Å²) in [5.74, 6) is 1.23. The molecule has 2 aromatic rings. The second kappa shape index (κ2) is 6.72. The van der Waals surface area contributed by atoms with Gasteiger partial charge in [-0.15, -0.1) is 0 Å². The average Bonchev–Trinajstić information content (AvgIpc) is 3.14. The number of hydrogen-bond donors (Lipinski definition) is 3. The SMILES string of the molecule is O=C(NCC1(CO)CCCC1)C1CCN(c2ncnc3[nH]ccc23)CC12CC2. The number of H-pyrrole nitrogens is 1. The number of aromatic nitrogens is 3. The number of nitrogens with one attached hydrogen (secondary N) is 2. The largest absolute Gasteiger partial charge is 0.396 e. The van der Waals surface area contributed by atoms with Crippen molar-refractivity contribution in [2.45, 2.75) is 44.9 Å². The van der Waals surface area contributed by atoms with E-state index < -0.39 is 0 Å². The highest BCUT2D eigenvalue weighted by Crippen LogP contribution is 2.56. The van der Waals surface area contributed by atoms with Crippen LogP contribution in [0.15, 0.2) is 18.6 Å². The summed E-state index contributed by atoms with van der Waals surface area (Å²) in [4.78, 5) is 27.4. The molecular weight excluding hydrogens is 354 g/mol. The maximum atomic E-state index is 13.0. The van der Waals surface area contributed by atoms with Crippen LogP contribution < -0.4 is 10.2 Å². The van der Waals surface area contributed by atoms with Crippen molar-refractivity contribution in [2.24, 2.45) is 16.7 Å². The number of aromatic amines is 1. The Kier molecular flexibility index (Phi) is 4.30. The number of amides is 1. The minimum absolute atomic E-state index is 0.0736. The lowest BCUT2D eigenvalue weighted by atomic mass is 9.81. The summed E-state index contributed by atoms with van der Waals surface area (Å²) in [6.07, 6.45) is 10.9. The average molecular weight is 383 g/mol. The smallest absolute Gasteiger partial charge is 0.223 e. The van der Waals surface area contributed by atoms with Gasteiger partial charge in [-0.05, 0) is 43.6 Å². The van der Waals surface area contributed by atoms with E-state index in [2.05, 4.69) is 25.2 Å².